The Bertz CT molecular complexity index is 878. The Balaban J connectivity index is 1.96. The monoisotopic (exact) mass is 349 g/mol. The topological polar surface area (TPSA) is 55.4 Å². The average Bonchev–Trinajstić information content (AvgIpc) is 2.48. The third-order valence-corrected chi connectivity index (χ3v) is 5.58. The molecule has 3 rings (SSSR count). The lowest BCUT2D eigenvalue weighted by Crippen LogP contribution is -2.41. The molecule has 0 spiro atoms. The quantitative estimate of drug-likeness (QED) is 0.919. The van der Waals surface area contributed by atoms with Gasteiger partial charge < -0.3 is 4.74 Å². The lowest BCUT2D eigenvalue weighted by molar-refractivity contribution is 0.0702. The van der Waals surface area contributed by atoms with Crippen LogP contribution in [-0.4, -0.2) is 14.0 Å². The molecule has 0 saturated carbocycles. The van der Waals surface area contributed by atoms with Crippen molar-refractivity contribution in [3.05, 3.63) is 59.4 Å². The molecule has 0 aliphatic carbocycles. The molecule has 1 aliphatic rings. The van der Waals surface area contributed by atoms with E-state index in [0.717, 1.165) is 5.56 Å². The summed E-state index contributed by atoms with van der Waals surface area (Å²) < 4.78 is 47.5. The molecule has 0 radical (unpaired) electrons. The van der Waals surface area contributed by atoms with Gasteiger partial charge in [-0.25, -0.2) is 17.5 Å². The molecule has 0 bridgehead atoms. The Morgan fingerprint density at radius 2 is 1.92 bits per heavy atom. The number of rotatable bonds is 3. The predicted molar refractivity (Wildman–Crippen MR) is 90.0 cm³/mol. The first-order valence-corrected chi connectivity index (χ1v) is 9.23. The minimum Gasteiger partial charge on any atom is -0.487 e. The van der Waals surface area contributed by atoms with Crippen LogP contribution in [0.4, 0.5) is 4.39 Å². The second kappa shape index (κ2) is 5.86. The van der Waals surface area contributed by atoms with E-state index in [1.54, 1.807) is 6.92 Å². The number of hydrogen-bond acceptors (Lipinski definition) is 3. The molecule has 0 amide bonds. The van der Waals surface area contributed by atoms with Gasteiger partial charge in [0.15, 0.2) is 0 Å². The number of halogens is 1. The fourth-order valence-electron chi connectivity index (χ4n) is 2.95. The van der Waals surface area contributed by atoms with E-state index < -0.39 is 27.5 Å². The van der Waals surface area contributed by atoms with Gasteiger partial charge in [0.2, 0.25) is 10.0 Å². The highest BCUT2D eigenvalue weighted by atomic mass is 32.2. The normalized spacial score (nSPS) is 19.4. The standard InChI is InChI=1S/C18H20FNO3S/c1-12-10-13(8-9-15(12)19)24(21,22)20-16-11-18(2,3)23-17-7-5-4-6-14(16)17/h4-10,16,20H,11H2,1-3H3/t16-/m1/s1. The van der Waals surface area contributed by atoms with E-state index in [0.29, 0.717) is 17.7 Å². The lowest BCUT2D eigenvalue weighted by Gasteiger charge is -2.37. The third kappa shape index (κ3) is 3.30. The van der Waals surface area contributed by atoms with Crippen LogP contribution in [0, 0.1) is 12.7 Å². The van der Waals surface area contributed by atoms with Crippen LogP contribution < -0.4 is 9.46 Å². The van der Waals surface area contributed by atoms with Gasteiger partial charge >= 0.3 is 0 Å². The molecule has 0 unspecified atom stereocenters. The molecule has 24 heavy (non-hydrogen) atoms. The van der Waals surface area contributed by atoms with Crippen molar-refractivity contribution < 1.29 is 17.5 Å². The van der Waals surface area contributed by atoms with E-state index in [4.69, 9.17) is 4.74 Å². The maximum atomic E-state index is 13.4. The summed E-state index contributed by atoms with van der Waals surface area (Å²) in [6.45, 7) is 5.39. The molecule has 2 aromatic carbocycles. The van der Waals surface area contributed by atoms with Crippen molar-refractivity contribution in [2.75, 3.05) is 0 Å². The van der Waals surface area contributed by atoms with Gasteiger partial charge in [-0.3, -0.25) is 0 Å². The second-order valence-corrected chi connectivity index (χ2v) is 8.40. The van der Waals surface area contributed by atoms with Crippen molar-refractivity contribution in [3.63, 3.8) is 0 Å². The van der Waals surface area contributed by atoms with Gasteiger partial charge in [-0.1, -0.05) is 18.2 Å². The smallest absolute Gasteiger partial charge is 0.241 e. The van der Waals surface area contributed by atoms with Crippen molar-refractivity contribution in [2.45, 2.75) is 43.7 Å². The number of para-hydroxylation sites is 1. The van der Waals surface area contributed by atoms with Gasteiger partial charge in [-0.2, -0.15) is 0 Å². The minimum absolute atomic E-state index is 0.0585. The van der Waals surface area contributed by atoms with E-state index in [1.165, 1.54) is 18.2 Å². The van der Waals surface area contributed by atoms with Crippen LogP contribution >= 0.6 is 0 Å². The Labute approximate surface area is 141 Å². The maximum absolute atomic E-state index is 13.4. The summed E-state index contributed by atoms with van der Waals surface area (Å²) in [6, 6.07) is 10.8. The van der Waals surface area contributed by atoms with Gasteiger partial charge in [0.1, 0.15) is 17.2 Å². The van der Waals surface area contributed by atoms with Crippen molar-refractivity contribution in [3.8, 4) is 5.75 Å². The summed E-state index contributed by atoms with van der Waals surface area (Å²) in [7, 11) is -3.76. The highest BCUT2D eigenvalue weighted by molar-refractivity contribution is 7.89. The van der Waals surface area contributed by atoms with Crippen molar-refractivity contribution >= 4 is 10.0 Å². The SMILES string of the molecule is Cc1cc(S(=O)(=O)N[C@@H]2CC(C)(C)Oc3ccccc32)ccc1F. The molecule has 2 aromatic rings. The van der Waals surface area contributed by atoms with E-state index in [-0.39, 0.29) is 4.90 Å². The molecule has 0 saturated heterocycles. The number of fused-ring (bicyclic) bond motifs is 1. The molecule has 1 N–H and O–H groups in total. The zero-order valence-corrected chi connectivity index (χ0v) is 14.7. The van der Waals surface area contributed by atoms with Gasteiger partial charge in [0.25, 0.3) is 0 Å². The summed E-state index contributed by atoms with van der Waals surface area (Å²) in [6.07, 6.45) is 0.503. The van der Waals surface area contributed by atoms with Crippen LogP contribution in [0.1, 0.15) is 37.4 Å². The minimum atomic E-state index is -3.76. The van der Waals surface area contributed by atoms with Gasteiger partial charge in [0, 0.05) is 12.0 Å². The number of ether oxygens (including phenoxy) is 1. The fraction of sp³-hybridized carbons (Fsp3) is 0.333. The highest BCUT2D eigenvalue weighted by Crippen LogP contribution is 2.39. The Morgan fingerprint density at radius 1 is 1.21 bits per heavy atom. The van der Waals surface area contributed by atoms with Crippen LogP contribution in [0.25, 0.3) is 0 Å². The lowest BCUT2D eigenvalue weighted by atomic mass is 9.90. The summed E-state index contributed by atoms with van der Waals surface area (Å²) in [5, 5.41) is 0. The fourth-order valence-corrected chi connectivity index (χ4v) is 4.25. The molecule has 128 valence electrons. The van der Waals surface area contributed by atoms with Crippen molar-refractivity contribution in [1.29, 1.82) is 0 Å². The molecule has 0 fully saturated rings. The van der Waals surface area contributed by atoms with Crippen molar-refractivity contribution in [2.24, 2.45) is 0 Å². The molecular weight excluding hydrogens is 329 g/mol. The zero-order valence-electron chi connectivity index (χ0n) is 13.8. The molecule has 0 aromatic heterocycles. The molecule has 6 heteroatoms. The van der Waals surface area contributed by atoms with Crippen LogP contribution in [0.15, 0.2) is 47.4 Å². The van der Waals surface area contributed by atoms with Gasteiger partial charge in [-0.05, 0) is 50.6 Å². The summed E-state index contributed by atoms with van der Waals surface area (Å²) in [4.78, 5) is 0.0585. The van der Waals surface area contributed by atoms with E-state index in [2.05, 4.69) is 4.72 Å². The largest absolute Gasteiger partial charge is 0.487 e. The maximum Gasteiger partial charge on any atom is 0.241 e. The number of aryl methyl sites for hydroxylation is 1. The van der Waals surface area contributed by atoms with Gasteiger partial charge in [0.05, 0.1) is 10.9 Å². The van der Waals surface area contributed by atoms with E-state index in [1.807, 2.05) is 38.1 Å². The number of hydrogen-bond donors (Lipinski definition) is 1. The zero-order chi connectivity index (χ0) is 17.5. The second-order valence-electron chi connectivity index (χ2n) is 6.69. The Kier molecular flexibility index (Phi) is 4.13. The summed E-state index contributed by atoms with van der Waals surface area (Å²) in [5.41, 5.74) is 0.616. The van der Waals surface area contributed by atoms with Crippen LogP contribution in [0.5, 0.6) is 5.75 Å². The van der Waals surface area contributed by atoms with Crippen LogP contribution in [0.3, 0.4) is 0 Å². The van der Waals surface area contributed by atoms with Gasteiger partial charge in [-0.15, -0.1) is 0 Å². The molecular formula is C18H20FNO3S. The first kappa shape index (κ1) is 16.9. The number of nitrogens with one attached hydrogen (secondary N) is 1. The first-order valence-electron chi connectivity index (χ1n) is 7.74. The summed E-state index contributed by atoms with van der Waals surface area (Å²) in [5.74, 6) is 0.253. The summed E-state index contributed by atoms with van der Waals surface area (Å²) >= 11 is 0. The highest BCUT2D eigenvalue weighted by Gasteiger charge is 2.35. The Morgan fingerprint density at radius 3 is 2.62 bits per heavy atom. The first-order chi connectivity index (χ1) is 11.2. The number of sulfonamides is 1. The molecule has 4 nitrogen and oxygen atoms in total. The van der Waals surface area contributed by atoms with Crippen LogP contribution in [0.2, 0.25) is 0 Å². The number of benzene rings is 2. The van der Waals surface area contributed by atoms with E-state index in [9.17, 15) is 12.8 Å². The molecule has 1 heterocycles. The van der Waals surface area contributed by atoms with E-state index >= 15 is 0 Å². The third-order valence-electron chi connectivity index (χ3n) is 4.11. The van der Waals surface area contributed by atoms with Crippen molar-refractivity contribution in [1.82, 2.24) is 4.72 Å². The Hall–Kier alpha value is -1.92. The van der Waals surface area contributed by atoms with Crippen LogP contribution in [-0.2, 0) is 10.0 Å². The molecule has 1 aliphatic heterocycles. The average molecular weight is 349 g/mol. The molecule has 1 atom stereocenters. The predicted octanol–water partition coefficient (Wildman–Crippen LogP) is 3.71.